The lowest BCUT2D eigenvalue weighted by atomic mass is 10.1. The molecule has 4 nitrogen and oxygen atoms in total. The Morgan fingerprint density at radius 2 is 1.91 bits per heavy atom. The van der Waals surface area contributed by atoms with Crippen molar-refractivity contribution in [1.29, 1.82) is 0 Å². The second kappa shape index (κ2) is 5.39. The molecule has 22 heavy (non-hydrogen) atoms. The van der Waals surface area contributed by atoms with Crippen LogP contribution in [0.4, 0.5) is 11.5 Å². The molecule has 3 aromatic rings. The Hall–Kier alpha value is -1.89. The predicted octanol–water partition coefficient (Wildman–Crippen LogP) is 3.40. The Labute approximate surface area is 142 Å². The van der Waals surface area contributed by atoms with Crippen molar-refractivity contribution in [2.24, 2.45) is 0 Å². The summed E-state index contributed by atoms with van der Waals surface area (Å²) in [5.41, 5.74) is 10.4. The number of nitrogens with one attached hydrogen (secondary N) is 1. The van der Waals surface area contributed by atoms with Crippen LogP contribution in [0.1, 0.15) is 11.1 Å². The quantitative estimate of drug-likeness (QED) is 0.510. The summed E-state index contributed by atoms with van der Waals surface area (Å²) in [5.74, 6) is 0.909. The van der Waals surface area contributed by atoms with Gasteiger partial charge >= 0.3 is 0 Å². The number of benzene rings is 2. The van der Waals surface area contributed by atoms with E-state index in [1.54, 1.807) is 6.33 Å². The molecule has 5 heteroatoms. The summed E-state index contributed by atoms with van der Waals surface area (Å²) in [6.45, 7) is 0. The molecule has 1 aromatic heterocycles. The normalized spacial score (nSPS) is 16.7. The highest BCUT2D eigenvalue weighted by atomic mass is 127. The number of hydrogen-bond acceptors (Lipinski definition) is 4. The third-order valence-corrected chi connectivity index (χ3v) is 4.77. The SMILES string of the molecule is Nc1ccc2c(c1)CC(Nc1ncnc3cc(I)ccc13)C2. The zero-order valence-corrected chi connectivity index (χ0v) is 14.0. The summed E-state index contributed by atoms with van der Waals surface area (Å²) in [4.78, 5) is 8.79. The number of rotatable bonds is 2. The van der Waals surface area contributed by atoms with E-state index in [0.717, 1.165) is 35.2 Å². The molecule has 0 aliphatic heterocycles. The van der Waals surface area contributed by atoms with E-state index in [2.05, 4.69) is 68.2 Å². The predicted molar refractivity (Wildman–Crippen MR) is 97.9 cm³/mol. The third kappa shape index (κ3) is 2.49. The molecule has 4 rings (SSSR count). The Bertz CT molecular complexity index is 862. The van der Waals surface area contributed by atoms with Crippen LogP contribution in [0.25, 0.3) is 10.9 Å². The summed E-state index contributed by atoms with van der Waals surface area (Å²) in [6, 6.07) is 12.8. The van der Waals surface area contributed by atoms with Crippen LogP contribution in [0, 0.1) is 3.57 Å². The van der Waals surface area contributed by atoms with Crippen LogP contribution in [-0.4, -0.2) is 16.0 Å². The topological polar surface area (TPSA) is 63.8 Å². The minimum Gasteiger partial charge on any atom is -0.399 e. The molecule has 1 aliphatic rings. The van der Waals surface area contributed by atoms with Gasteiger partial charge in [0.25, 0.3) is 0 Å². The first-order valence-electron chi connectivity index (χ1n) is 7.23. The van der Waals surface area contributed by atoms with Gasteiger partial charge in [0, 0.05) is 20.7 Å². The lowest BCUT2D eigenvalue weighted by Crippen LogP contribution is -2.20. The van der Waals surface area contributed by atoms with Gasteiger partial charge in [0.1, 0.15) is 12.1 Å². The van der Waals surface area contributed by atoms with Gasteiger partial charge in [-0.25, -0.2) is 9.97 Å². The molecule has 3 N–H and O–H groups in total. The van der Waals surface area contributed by atoms with Gasteiger partial charge in [-0.3, -0.25) is 0 Å². The molecule has 0 spiro atoms. The number of halogens is 1. The maximum atomic E-state index is 5.88. The minimum absolute atomic E-state index is 0.356. The van der Waals surface area contributed by atoms with Crippen molar-refractivity contribution in [3.8, 4) is 0 Å². The zero-order chi connectivity index (χ0) is 15.1. The van der Waals surface area contributed by atoms with Gasteiger partial charge in [-0.2, -0.15) is 0 Å². The largest absolute Gasteiger partial charge is 0.399 e. The van der Waals surface area contributed by atoms with Gasteiger partial charge in [0.05, 0.1) is 5.52 Å². The summed E-state index contributed by atoms with van der Waals surface area (Å²) < 4.78 is 1.18. The van der Waals surface area contributed by atoms with E-state index < -0.39 is 0 Å². The smallest absolute Gasteiger partial charge is 0.137 e. The number of nitrogen functional groups attached to an aromatic ring is 1. The number of aromatic nitrogens is 2. The van der Waals surface area contributed by atoms with Crippen molar-refractivity contribution < 1.29 is 0 Å². The molecular formula is C17H15IN4. The van der Waals surface area contributed by atoms with E-state index in [9.17, 15) is 0 Å². The van der Waals surface area contributed by atoms with Gasteiger partial charge in [-0.05, 0) is 76.9 Å². The van der Waals surface area contributed by atoms with Crippen molar-refractivity contribution in [2.75, 3.05) is 11.1 Å². The van der Waals surface area contributed by atoms with Crippen LogP contribution in [0.5, 0.6) is 0 Å². The summed E-state index contributed by atoms with van der Waals surface area (Å²) in [6.07, 6.45) is 3.61. The van der Waals surface area contributed by atoms with Crippen LogP contribution >= 0.6 is 22.6 Å². The fourth-order valence-corrected chi connectivity index (χ4v) is 3.55. The van der Waals surface area contributed by atoms with Crippen molar-refractivity contribution in [3.05, 3.63) is 57.4 Å². The van der Waals surface area contributed by atoms with Crippen molar-refractivity contribution in [3.63, 3.8) is 0 Å². The van der Waals surface area contributed by atoms with Gasteiger partial charge in [0.15, 0.2) is 0 Å². The van der Waals surface area contributed by atoms with E-state index in [1.165, 1.54) is 14.7 Å². The van der Waals surface area contributed by atoms with E-state index in [1.807, 2.05) is 6.07 Å². The van der Waals surface area contributed by atoms with E-state index in [0.29, 0.717) is 6.04 Å². The molecule has 0 fully saturated rings. The highest BCUT2D eigenvalue weighted by molar-refractivity contribution is 14.1. The van der Waals surface area contributed by atoms with Gasteiger partial charge in [-0.15, -0.1) is 0 Å². The lowest BCUT2D eigenvalue weighted by Gasteiger charge is -2.14. The Kier molecular flexibility index (Phi) is 3.37. The second-order valence-corrected chi connectivity index (χ2v) is 6.91. The number of fused-ring (bicyclic) bond motifs is 2. The van der Waals surface area contributed by atoms with Gasteiger partial charge < -0.3 is 11.1 Å². The molecule has 0 radical (unpaired) electrons. The average Bonchev–Trinajstić information content (AvgIpc) is 2.88. The van der Waals surface area contributed by atoms with Crippen LogP contribution in [-0.2, 0) is 12.8 Å². The molecule has 0 amide bonds. The molecule has 110 valence electrons. The number of hydrogen-bond donors (Lipinski definition) is 2. The Balaban J connectivity index is 1.63. The molecule has 1 atom stereocenters. The first-order chi connectivity index (χ1) is 10.7. The standard InChI is InChI=1S/C17H15IN4/c18-12-2-4-15-16(8-12)20-9-21-17(15)22-14-6-10-1-3-13(19)5-11(10)7-14/h1-5,8-9,14H,6-7,19H2,(H,20,21,22). The summed E-state index contributed by atoms with van der Waals surface area (Å²) in [7, 11) is 0. The van der Waals surface area contributed by atoms with Crippen molar-refractivity contribution >= 4 is 45.0 Å². The maximum absolute atomic E-state index is 5.88. The highest BCUT2D eigenvalue weighted by Gasteiger charge is 2.22. The van der Waals surface area contributed by atoms with Gasteiger partial charge in [-0.1, -0.05) is 6.07 Å². The Morgan fingerprint density at radius 1 is 1.05 bits per heavy atom. The van der Waals surface area contributed by atoms with E-state index >= 15 is 0 Å². The molecule has 1 aliphatic carbocycles. The van der Waals surface area contributed by atoms with Crippen LogP contribution in [0.3, 0.4) is 0 Å². The first kappa shape index (κ1) is 13.8. The highest BCUT2D eigenvalue weighted by Crippen LogP contribution is 2.28. The average molecular weight is 402 g/mol. The fourth-order valence-electron chi connectivity index (χ4n) is 3.08. The van der Waals surface area contributed by atoms with Crippen LogP contribution in [0.2, 0.25) is 0 Å². The van der Waals surface area contributed by atoms with Crippen LogP contribution in [0.15, 0.2) is 42.7 Å². The molecule has 2 aromatic carbocycles. The number of nitrogens with zero attached hydrogens (tertiary/aromatic N) is 2. The lowest BCUT2D eigenvalue weighted by molar-refractivity contribution is 0.770. The van der Waals surface area contributed by atoms with Crippen LogP contribution < -0.4 is 11.1 Å². The minimum atomic E-state index is 0.356. The molecule has 0 saturated heterocycles. The molecule has 1 unspecified atom stereocenters. The monoisotopic (exact) mass is 402 g/mol. The molecule has 1 heterocycles. The van der Waals surface area contributed by atoms with Crippen molar-refractivity contribution in [2.45, 2.75) is 18.9 Å². The number of nitrogens with two attached hydrogens (primary N) is 1. The number of anilines is 2. The zero-order valence-electron chi connectivity index (χ0n) is 11.9. The molecule has 0 bridgehead atoms. The molecule has 0 saturated carbocycles. The molecular weight excluding hydrogens is 387 g/mol. The van der Waals surface area contributed by atoms with E-state index in [-0.39, 0.29) is 0 Å². The Morgan fingerprint density at radius 3 is 2.82 bits per heavy atom. The fraction of sp³-hybridized carbons (Fsp3) is 0.176. The maximum Gasteiger partial charge on any atom is 0.137 e. The third-order valence-electron chi connectivity index (χ3n) is 4.10. The summed E-state index contributed by atoms with van der Waals surface area (Å²) in [5, 5.41) is 4.64. The second-order valence-electron chi connectivity index (χ2n) is 5.66. The van der Waals surface area contributed by atoms with Crippen molar-refractivity contribution in [1.82, 2.24) is 9.97 Å². The van der Waals surface area contributed by atoms with Gasteiger partial charge in [0.2, 0.25) is 0 Å². The summed E-state index contributed by atoms with van der Waals surface area (Å²) >= 11 is 2.30. The van der Waals surface area contributed by atoms with E-state index in [4.69, 9.17) is 5.73 Å². The first-order valence-corrected chi connectivity index (χ1v) is 8.31.